The molecule has 136 valence electrons. The molecule has 0 radical (unpaired) electrons. The van der Waals surface area contributed by atoms with E-state index in [2.05, 4.69) is 15.9 Å². The van der Waals surface area contributed by atoms with E-state index < -0.39 is 0 Å². The Morgan fingerprint density at radius 3 is 2.62 bits per heavy atom. The van der Waals surface area contributed by atoms with Crippen molar-refractivity contribution in [1.29, 1.82) is 0 Å². The summed E-state index contributed by atoms with van der Waals surface area (Å²) in [6.07, 6.45) is 2.96. The van der Waals surface area contributed by atoms with E-state index in [1.165, 1.54) is 12.1 Å². The number of likely N-dealkylation sites (tertiary alicyclic amines) is 1. The predicted molar refractivity (Wildman–Crippen MR) is 103 cm³/mol. The third kappa shape index (κ3) is 4.79. The highest BCUT2D eigenvalue weighted by Crippen LogP contribution is 2.23. The fourth-order valence-corrected chi connectivity index (χ4v) is 3.72. The molecule has 1 aliphatic heterocycles. The molecule has 2 aromatic carbocycles. The Bertz CT molecular complexity index is 791. The molecule has 1 unspecified atom stereocenters. The maximum absolute atomic E-state index is 13.4. The minimum absolute atomic E-state index is 0.00867. The lowest BCUT2D eigenvalue weighted by molar-refractivity contribution is -0.131. The van der Waals surface area contributed by atoms with Gasteiger partial charge in [-0.1, -0.05) is 40.2 Å². The van der Waals surface area contributed by atoms with Crippen LogP contribution in [-0.4, -0.2) is 29.2 Å². The van der Waals surface area contributed by atoms with Gasteiger partial charge in [0.25, 0.3) is 0 Å². The number of hydrogen-bond donors (Lipinski definition) is 0. The van der Waals surface area contributed by atoms with Gasteiger partial charge in [-0.3, -0.25) is 9.59 Å². The van der Waals surface area contributed by atoms with Crippen LogP contribution in [0.2, 0.25) is 0 Å². The molecule has 0 saturated carbocycles. The van der Waals surface area contributed by atoms with Gasteiger partial charge in [-0.05, 0) is 49.1 Å². The Kier molecular flexibility index (Phi) is 6.20. The van der Waals surface area contributed by atoms with Crippen molar-refractivity contribution < 1.29 is 14.0 Å². The number of ketones is 1. The number of nitrogens with zero attached hydrogens (tertiary/aromatic N) is 1. The zero-order valence-corrected chi connectivity index (χ0v) is 16.0. The minimum Gasteiger partial charge on any atom is -0.339 e. The molecule has 1 atom stereocenters. The van der Waals surface area contributed by atoms with Gasteiger partial charge in [0.1, 0.15) is 5.82 Å². The highest BCUT2D eigenvalue weighted by Gasteiger charge is 2.28. The standard InChI is InChI=1S/C21H21BrFNO2/c22-17-8-6-16(7-9-17)20(25)10-11-21(26)24-12-2-5-19(24)14-15-3-1-4-18(23)13-15/h1,3-4,6-9,13,19H,2,5,10-12,14H2. The minimum atomic E-state index is -0.251. The topological polar surface area (TPSA) is 37.4 Å². The van der Waals surface area contributed by atoms with Gasteiger partial charge in [-0.15, -0.1) is 0 Å². The van der Waals surface area contributed by atoms with Gasteiger partial charge in [0.05, 0.1) is 0 Å². The third-order valence-electron chi connectivity index (χ3n) is 4.79. The van der Waals surface area contributed by atoms with Gasteiger partial charge in [0.15, 0.2) is 5.78 Å². The average molecular weight is 418 g/mol. The van der Waals surface area contributed by atoms with E-state index in [0.717, 1.165) is 22.9 Å². The van der Waals surface area contributed by atoms with Crippen LogP contribution in [0, 0.1) is 5.82 Å². The van der Waals surface area contributed by atoms with Crippen LogP contribution in [0.4, 0.5) is 4.39 Å². The molecule has 1 fully saturated rings. The first-order valence-electron chi connectivity index (χ1n) is 8.85. The first kappa shape index (κ1) is 18.8. The molecule has 1 saturated heterocycles. The maximum Gasteiger partial charge on any atom is 0.223 e. The molecule has 1 heterocycles. The fourth-order valence-electron chi connectivity index (χ4n) is 3.46. The average Bonchev–Trinajstić information content (AvgIpc) is 3.08. The Labute approximate surface area is 161 Å². The van der Waals surface area contributed by atoms with E-state index in [0.29, 0.717) is 18.5 Å². The van der Waals surface area contributed by atoms with Crippen LogP contribution in [0.15, 0.2) is 53.0 Å². The summed E-state index contributed by atoms with van der Waals surface area (Å²) in [5.74, 6) is -0.264. The van der Waals surface area contributed by atoms with Gasteiger partial charge < -0.3 is 4.90 Å². The molecular weight excluding hydrogens is 397 g/mol. The second kappa shape index (κ2) is 8.58. The lowest BCUT2D eigenvalue weighted by Gasteiger charge is -2.25. The summed E-state index contributed by atoms with van der Waals surface area (Å²) in [4.78, 5) is 26.7. The first-order chi connectivity index (χ1) is 12.5. The summed E-state index contributed by atoms with van der Waals surface area (Å²) in [7, 11) is 0. The Hall–Kier alpha value is -2.01. The van der Waals surface area contributed by atoms with E-state index in [1.807, 2.05) is 23.1 Å². The van der Waals surface area contributed by atoms with E-state index >= 15 is 0 Å². The molecule has 0 bridgehead atoms. The van der Waals surface area contributed by atoms with Gasteiger partial charge >= 0.3 is 0 Å². The zero-order chi connectivity index (χ0) is 18.5. The van der Waals surface area contributed by atoms with Crippen LogP contribution in [0.25, 0.3) is 0 Å². The van der Waals surface area contributed by atoms with Crippen LogP contribution in [0.1, 0.15) is 41.6 Å². The molecule has 5 heteroatoms. The monoisotopic (exact) mass is 417 g/mol. The number of amides is 1. The fraction of sp³-hybridized carbons (Fsp3) is 0.333. The number of carbonyl (C=O) groups is 2. The second-order valence-corrected chi connectivity index (χ2v) is 7.56. The molecule has 0 N–H and O–H groups in total. The molecule has 26 heavy (non-hydrogen) atoms. The molecule has 1 aliphatic rings. The Balaban J connectivity index is 1.56. The van der Waals surface area contributed by atoms with Crippen molar-refractivity contribution in [3.05, 3.63) is 69.9 Å². The highest BCUT2D eigenvalue weighted by molar-refractivity contribution is 9.10. The normalized spacial score (nSPS) is 16.7. The molecule has 1 amide bonds. The Morgan fingerprint density at radius 1 is 1.12 bits per heavy atom. The lowest BCUT2D eigenvalue weighted by atomic mass is 10.0. The lowest BCUT2D eigenvalue weighted by Crippen LogP contribution is -2.37. The van der Waals surface area contributed by atoms with Crippen molar-refractivity contribution in [1.82, 2.24) is 4.90 Å². The molecule has 0 aromatic heterocycles. The maximum atomic E-state index is 13.4. The molecular formula is C21H21BrFNO2. The summed E-state index contributed by atoms with van der Waals surface area (Å²) in [6, 6.07) is 13.8. The van der Waals surface area contributed by atoms with E-state index in [1.54, 1.807) is 18.2 Å². The molecule has 2 aromatic rings. The van der Waals surface area contributed by atoms with E-state index in [9.17, 15) is 14.0 Å². The van der Waals surface area contributed by atoms with Gasteiger partial charge in [0, 0.05) is 35.5 Å². The van der Waals surface area contributed by atoms with Crippen molar-refractivity contribution in [2.45, 2.75) is 38.1 Å². The Morgan fingerprint density at radius 2 is 1.88 bits per heavy atom. The molecule has 3 rings (SSSR count). The zero-order valence-electron chi connectivity index (χ0n) is 14.5. The van der Waals surface area contributed by atoms with Crippen molar-refractivity contribution in [3.63, 3.8) is 0 Å². The van der Waals surface area contributed by atoms with E-state index in [-0.39, 0.29) is 36.4 Å². The SMILES string of the molecule is O=C(CCC(=O)N1CCCC1Cc1cccc(F)c1)c1ccc(Br)cc1. The number of halogens is 2. The van der Waals surface area contributed by atoms with Crippen molar-refractivity contribution in [2.75, 3.05) is 6.54 Å². The summed E-state index contributed by atoms with van der Waals surface area (Å²) in [6.45, 7) is 0.714. The van der Waals surface area contributed by atoms with Gasteiger partial charge in [-0.25, -0.2) is 4.39 Å². The second-order valence-electron chi connectivity index (χ2n) is 6.65. The van der Waals surface area contributed by atoms with Gasteiger partial charge in [0.2, 0.25) is 5.91 Å². The van der Waals surface area contributed by atoms with Crippen LogP contribution >= 0.6 is 15.9 Å². The summed E-state index contributed by atoms with van der Waals surface area (Å²) in [5.41, 5.74) is 1.53. The molecule has 0 aliphatic carbocycles. The van der Waals surface area contributed by atoms with Crippen LogP contribution in [0.3, 0.4) is 0 Å². The van der Waals surface area contributed by atoms with Crippen molar-refractivity contribution in [2.24, 2.45) is 0 Å². The summed E-state index contributed by atoms with van der Waals surface area (Å²) in [5, 5.41) is 0. The van der Waals surface area contributed by atoms with E-state index in [4.69, 9.17) is 0 Å². The largest absolute Gasteiger partial charge is 0.339 e. The number of carbonyl (C=O) groups excluding carboxylic acids is 2. The number of hydrogen-bond acceptors (Lipinski definition) is 2. The smallest absolute Gasteiger partial charge is 0.223 e. The summed E-state index contributed by atoms with van der Waals surface area (Å²) >= 11 is 3.34. The highest BCUT2D eigenvalue weighted by atomic mass is 79.9. The first-order valence-corrected chi connectivity index (χ1v) is 9.65. The third-order valence-corrected chi connectivity index (χ3v) is 5.32. The molecule has 0 spiro atoms. The predicted octanol–water partition coefficient (Wildman–Crippen LogP) is 4.78. The number of rotatable bonds is 6. The van der Waals surface area contributed by atoms with Crippen LogP contribution in [0.5, 0.6) is 0 Å². The van der Waals surface area contributed by atoms with Crippen molar-refractivity contribution in [3.8, 4) is 0 Å². The summed E-state index contributed by atoms with van der Waals surface area (Å²) < 4.78 is 14.3. The van der Waals surface area contributed by atoms with Gasteiger partial charge in [-0.2, -0.15) is 0 Å². The number of benzene rings is 2. The van der Waals surface area contributed by atoms with Crippen LogP contribution < -0.4 is 0 Å². The van der Waals surface area contributed by atoms with Crippen LogP contribution in [-0.2, 0) is 11.2 Å². The number of Topliss-reactive ketones (excluding diaryl/α,β-unsaturated/α-hetero) is 1. The molecule has 3 nitrogen and oxygen atoms in total. The quantitative estimate of drug-likeness (QED) is 0.633. The van der Waals surface area contributed by atoms with Crippen molar-refractivity contribution >= 4 is 27.6 Å².